The lowest BCUT2D eigenvalue weighted by Gasteiger charge is -2.30. The number of hydrogen-bond donors (Lipinski definition) is 2. The number of hydrogen-bond acceptors (Lipinski definition) is 3. The van der Waals surface area contributed by atoms with E-state index in [1.165, 1.54) is 44.9 Å². The Kier molecular flexibility index (Phi) is 15.6. The van der Waals surface area contributed by atoms with E-state index in [4.69, 9.17) is 5.11 Å². The number of carbonyl (C=O) groups excluding carboxylic acids is 1. The van der Waals surface area contributed by atoms with E-state index < -0.39 is 12.1 Å². The molecule has 0 aromatic rings. The van der Waals surface area contributed by atoms with Gasteiger partial charge in [-0.15, -0.1) is 0 Å². The number of carbonyl (C=O) groups is 2. The molecule has 0 amide bonds. The summed E-state index contributed by atoms with van der Waals surface area (Å²) in [5, 5.41) is 18.5. The van der Waals surface area contributed by atoms with Gasteiger partial charge >= 0.3 is 5.97 Å². The molecule has 5 nitrogen and oxygen atoms in total. The summed E-state index contributed by atoms with van der Waals surface area (Å²) in [6, 6.07) is 0. The van der Waals surface area contributed by atoms with Crippen molar-refractivity contribution in [3.8, 4) is 0 Å². The third-order valence-electron chi connectivity index (χ3n) is 4.59. The third-order valence-corrected chi connectivity index (χ3v) is 4.59. The van der Waals surface area contributed by atoms with Crippen LogP contribution < -0.4 is 0 Å². The van der Waals surface area contributed by atoms with Crippen LogP contribution in [0.5, 0.6) is 0 Å². The number of aliphatic carboxylic acids is 1. The highest BCUT2D eigenvalue weighted by molar-refractivity contribution is 5.79. The average molecular weight is 397 g/mol. The van der Waals surface area contributed by atoms with Crippen LogP contribution in [0.1, 0.15) is 77.6 Å². The minimum Gasteiger partial charge on any atom is -0.481 e. The second-order valence-corrected chi connectivity index (χ2v) is 8.33. The fraction of sp³-hybridized carbons (Fsp3) is 0.739. The first-order valence-corrected chi connectivity index (χ1v) is 10.8. The number of rotatable bonds is 18. The highest BCUT2D eigenvalue weighted by Gasteiger charge is 2.24. The SMILES string of the molecule is CCC/C=C/CCCCCC/C=C/CCC(=O)C[N+](C)(C)CC(O)CC(=O)O. The second kappa shape index (κ2) is 16.5. The van der Waals surface area contributed by atoms with E-state index in [0.717, 1.165) is 12.8 Å². The van der Waals surface area contributed by atoms with E-state index >= 15 is 0 Å². The van der Waals surface area contributed by atoms with Crippen LogP contribution in [-0.2, 0) is 9.59 Å². The lowest BCUT2D eigenvalue weighted by atomic mass is 10.1. The standard InChI is InChI=1S/C23H41NO4/c1-4-5-6-7-8-9-10-11-12-13-14-15-16-17-21(25)19-24(2,3)20-22(26)18-23(27)28/h6-7,14-15,22,26H,4-5,8-13,16-20H2,1-3H3/p+1/b7-6+,15-14+. The molecule has 162 valence electrons. The van der Waals surface area contributed by atoms with E-state index in [-0.39, 0.29) is 18.7 Å². The molecule has 0 fully saturated rings. The Morgan fingerprint density at radius 1 is 0.893 bits per heavy atom. The average Bonchev–Trinajstić information content (AvgIpc) is 2.57. The molecular weight excluding hydrogens is 354 g/mol. The molecule has 0 rings (SSSR count). The van der Waals surface area contributed by atoms with Gasteiger partial charge in [-0.2, -0.15) is 0 Å². The molecular formula is C23H42NO4+. The Morgan fingerprint density at radius 3 is 1.96 bits per heavy atom. The first-order chi connectivity index (χ1) is 13.3. The molecule has 2 N–H and O–H groups in total. The summed E-state index contributed by atoms with van der Waals surface area (Å²) in [5.41, 5.74) is 0. The van der Waals surface area contributed by atoms with Crippen LogP contribution in [0.2, 0.25) is 0 Å². The topological polar surface area (TPSA) is 74.6 Å². The molecule has 0 aromatic carbocycles. The van der Waals surface area contributed by atoms with Crippen molar-refractivity contribution < 1.29 is 24.3 Å². The van der Waals surface area contributed by atoms with Gasteiger partial charge < -0.3 is 14.7 Å². The molecule has 1 atom stereocenters. The summed E-state index contributed by atoms with van der Waals surface area (Å²) in [6.45, 7) is 2.78. The summed E-state index contributed by atoms with van der Waals surface area (Å²) < 4.78 is 0.310. The largest absolute Gasteiger partial charge is 0.481 e. The zero-order chi connectivity index (χ0) is 21.3. The van der Waals surface area contributed by atoms with Gasteiger partial charge in [-0.05, 0) is 38.5 Å². The molecule has 0 saturated heterocycles. The number of likely N-dealkylation sites (N-methyl/N-ethyl adjacent to an activating group) is 1. The molecule has 0 spiro atoms. The van der Waals surface area contributed by atoms with Crippen molar-refractivity contribution >= 4 is 11.8 Å². The van der Waals surface area contributed by atoms with Crippen molar-refractivity contribution in [1.29, 1.82) is 0 Å². The molecule has 5 heteroatoms. The normalized spacial score (nSPS) is 13.4. The number of quaternary nitrogens is 1. The van der Waals surface area contributed by atoms with Gasteiger partial charge in [0.1, 0.15) is 19.2 Å². The van der Waals surface area contributed by atoms with Gasteiger partial charge in [-0.3, -0.25) is 9.59 Å². The summed E-state index contributed by atoms with van der Waals surface area (Å²) >= 11 is 0. The van der Waals surface area contributed by atoms with Gasteiger partial charge in [0, 0.05) is 6.42 Å². The Hall–Kier alpha value is -1.46. The van der Waals surface area contributed by atoms with E-state index in [9.17, 15) is 14.7 Å². The quantitative estimate of drug-likeness (QED) is 0.203. The fourth-order valence-electron chi connectivity index (χ4n) is 3.22. The van der Waals surface area contributed by atoms with E-state index in [0.29, 0.717) is 17.4 Å². The first kappa shape index (κ1) is 26.5. The minimum absolute atomic E-state index is 0.147. The molecule has 0 aliphatic rings. The van der Waals surface area contributed by atoms with Crippen LogP contribution in [0.4, 0.5) is 0 Å². The van der Waals surface area contributed by atoms with Gasteiger partial charge in [0.15, 0.2) is 5.78 Å². The van der Waals surface area contributed by atoms with Crippen molar-refractivity contribution in [2.24, 2.45) is 0 Å². The molecule has 0 aromatic heterocycles. The van der Waals surface area contributed by atoms with Gasteiger partial charge in [0.05, 0.1) is 20.5 Å². The molecule has 28 heavy (non-hydrogen) atoms. The maximum absolute atomic E-state index is 12.1. The Bertz CT molecular complexity index is 483. The zero-order valence-electron chi connectivity index (χ0n) is 18.2. The number of ketones is 1. The van der Waals surface area contributed by atoms with Crippen LogP contribution in [0.3, 0.4) is 0 Å². The number of carboxylic acid groups (broad SMARTS) is 1. The predicted molar refractivity (Wildman–Crippen MR) is 115 cm³/mol. The second-order valence-electron chi connectivity index (χ2n) is 8.33. The number of nitrogens with zero attached hydrogens (tertiary/aromatic N) is 1. The van der Waals surface area contributed by atoms with Gasteiger partial charge in [0.25, 0.3) is 0 Å². The van der Waals surface area contributed by atoms with E-state index in [2.05, 4.69) is 31.2 Å². The predicted octanol–water partition coefficient (Wildman–Crippen LogP) is 4.50. The highest BCUT2D eigenvalue weighted by Crippen LogP contribution is 2.08. The number of allylic oxidation sites excluding steroid dienone is 4. The van der Waals surface area contributed by atoms with Crippen LogP contribution >= 0.6 is 0 Å². The smallest absolute Gasteiger partial charge is 0.306 e. The van der Waals surface area contributed by atoms with Gasteiger partial charge in [-0.1, -0.05) is 50.5 Å². The van der Waals surface area contributed by atoms with Crippen LogP contribution in [0, 0.1) is 0 Å². The molecule has 0 saturated carbocycles. The van der Waals surface area contributed by atoms with Crippen LogP contribution in [-0.4, -0.2) is 59.7 Å². The van der Waals surface area contributed by atoms with Gasteiger partial charge in [0.2, 0.25) is 0 Å². The summed E-state index contributed by atoms with van der Waals surface area (Å²) in [6.07, 6.45) is 18.6. The van der Waals surface area contributed by atoms with Crippen molar-refractivity contribution in [1.82, 2.24) is 0 Å². The van der Waals surface area contributed by atoms with Crippen molar-refractivity contribution in [3.63, 3.8) is 0 Å². The lowest BCUT2D eigenvalue weighted by molar-refractivity contribution is -0.885. The van der Waals surface area contributed by atoms with E-state index in [1.54, 1.807) is 0 Å². The summed E-state index contributed by atoms with van der Waals surface area (Å²) in [7, 11) is 3.69. The summed E-state index contributed by atoms with van der Waals surface area (Å²) in [5.74, 6) is -0.874. The zero-order valence-corrected chi connectivity index (χ0v) is 18.2. The third kappa shape index (κ3) is 17.9. The number of carboxylic acids is 1. The minimum atomic E-state index is -1.02. The van der Waals surface area contributed by atoms with Gasteiger partial charge in [-0.25, -0.2) is 0 Å². The molecule has 0 aliphatic heterocycles. The molecule has 0 radical (unpaired) electrons. The molecule has 0 heterocycles. The molecule has 0 aliphatic carbocycles. The maximum atomic E-state index is 12.1. The Morgan fingerprint density at radius 2 is 1.43 bits per heavy atom. The summed E-state index contributed by atoms with van der Waals surface area (Å²) in [4.78, 5) is 22.7. The van der Waals surface area contributed by atoms with Crippen molar-refractivity contribution in [3.05, 3.63) is 24.3 Å². The monoisotopic (exact) mass is 396 g/mol. The fourth-order valence-corrected chi connectivity index (χ4v) is 3.22. The van der Waals surface area contributed by atoms with Crippen LogP contribution in [0.15, 0.2) is 24.3 Å². The lowest BCUT2D eigenvalue weighted by Crippen LogP contribution is -2.48. The number of aliphatic hydroxyl groups is 1. The number of Topliss-reactive ketones (excluding diaryl/α,β-unsaturated/α-hetero) is 1. The van der Waals surface area contributed by atoms with Crippen molar-refractivity contribution in [2.75, 3.05) is 27.2 Å². The number of unbranched alkanes of at least 4 members (excludes halogenated alkanes) is 6. The Balaban J connectivity index is 3.73. The highest BCUT2D eigenvalue weighted by atomic mass is 16.4. The molecule has 0 bridgehead atoms. The van der Waals surface area contributed by atoms with E-state index in [1.807, 2.05) is 14.1 Å². The maximum Gasteiger partial charge on any atom is 0.306 e. The van der Waals surface area contributed by atoms with Crippen LogP contribution in [0.25, 0.3) is 0 Å². The number of aliphatic hydroxyl groups excluding tert-OH is 1. The first-order valence-electron chi connectivity index (χ1n) is 10.8. The van der Waals surface area contributed by atoms with Crippen molar-refractivity contribution in [2.45, 2.75) is 83.7 Å². The molecule has 1 unspecified atom stereocenters. The Labute approximate surface area is 171 Å².